The second-order valence-corrected chi connectivity index (χ2v) is 7.52. The summed E-state index contributed by atoms with van der Waals surface area (Å²) in [6.07, 6.45) is 1.93. The van der Waals surface area contributed by atoms with Crippen molar-refractivity contribution in [2.24, 2.45) is 0 Å². The molecule has 0 aliphatic carbocycles. The maximum atomic E-state index is 4.72. The first-order valence-corrected chi connectivity index (χ1v) is 9.57. The van der Waals surface area contributed by atoms with Crippen LogP contribution in [-0.4, -0.2) is 47.6 Å². The average Bonchev–Trinajstić information content (AvgIpc) is 2.68. The number of para-hydroxylation sites is 1. The van der Waals surface area contributed by atoms with Gasteiger partial charge in [-0.25, -0.2) is 4.98 Å². The van der Waals surface area contributed by atoms with Crippen molar-refractivity contribution >= 4 is 28.1 Å². The third kappa shape index (κ3) is 3.47. The SMILES string of the molecule is Cc1nc2ccccc2c(Nc2ccc(N3CCN(C)C(C)C3)nc2)c1C. The largest absolute Gasteiger partial charge is 0.354 e. The molecule has 1 aliphatic heterocycles. The second-order valence-electron chi connectivity index (χ2n) is 7.52. The van der Waals surface area contributed by atoms with Gasteiger partial charge in [0.15, 0.2) is 0 Å². The Morgan fingerprint density at radius 2 is 1.89 bits per heavy atom. The molecule has 140 valence electrons. The van der Waals surface area contributed by atoms with Crippen LogP contribution in [-0.2, 0) is 0 Å². The zero-order chi connectivity index (χ0) is 19.0. The molecule has 0 spiro atoms. The van der Waals surface area contributed by atoms with Crippen molar-refractivity contribution in [1.82, 2.24) is 14.9 Å². The van der Waals surface area contributed by atoms with Crippen molar-refractivity contribution in [2.45, 2.75) is 26.8 Å². The maximum Gasteiger partial charge on any atom is 0.128 e. The van der Waals surface area contributed by atoms with Crippen LogP contribution >= 0.6 is 0 Å². The Hall–Kier alpha value is -2.66. The Morgan fingerprint density at radius 1 is 1.07 bits per heavy atom. The minimum Gasteiger partial charge on any atom is -0.354 e. The summed E-state index contributed by atoms with van der Waals surface area (Å²) in [5, 5.41) is 4.71. The molecule has 5 heteroatoms. The lowest BCUT2D eigenvalue weighted by Gasteiger charge is -2.38. The molecule has 1 aromatic carbocycles. The first-order valence-electron chi connectivity index (χ1n) is 9.57. The topological polar surface area (TPSA) is 44.3 Å². The fourth-order valence-corrected chi connectivity index (χ4v) is 3.64. The van der Waals surface area contributed by atoms with Crippen molar-refractivity contribution in [1.29, 1.82) is 0 Å². The average molecular weight is 361 g/mol. The van der Waals surface area contributed by atoms with Gasteiger partial charge in [0.2, 0.25) is 0 Å². The van der Waals surface area contributed by atoms with E-state index in [4.69, 9.17) is 9.97 Å². The fourth-order valence-electron chi connectivity index (χ4n) is 3.64. The van der Waals surface area contributed by atoms with E-state index in [9.17, 15) is 0 Å². The molecule has 1 N–H and O–H groups in total. The number of aryl methyl sites for hydroxylation is 1. The number of benzene rings is 1. The maximum absolute atomic E-state index is 4.72. The van der Waals surface area contributed by atoms with E-state index in [1.165, 1.54) is 5.56 Å². The molecule has 4 rings (SSSR count). The van der Waals surface area contributed by atoms with E-state index in [2.05, 4.69) is 73.3 Å². The Bertz CT molecular complexity index is 951. The van der Waals surface area contributed by atoms with Crippen LogP contribution in [0.5, 0.6) is 0 Å². The summed E-state index contributed by atoms with van der Waals surface area (Å²) in [4.78, 5) is 14.2. The van der Waals surface area contributed by atoms with Gasteiger partial charge < -0.3 is 15.1 Å². The Balaban J connectivity index is 1.59. The van der Waals surface area contributed by atoms with Gasteiger partial charge in [-0.2, -0.15) is 0 Å². The van der Waals surface area contributed by atoms with Gasteiger partial charge in [-0.3, -0.25) is 4.98 Å². The fraction of sp³-hybridized carbons (Fsp3) is 0.364. The van der Waals surface area contributed by atoms with Crippen LogP contribution in [0.1, 0.15) is 18.2 Å². The van der Waals surface area contributed by atoms with Crippen molar-refractivity contribution in [3.63, 3.8) is 0 Å². The summed E-state index contributed by atoms with van der Waals surface area (Å²) >= 11 is 0. The summed E-state index contributed by atoms with van der Waals surface area (Å²) in [5.41, 5.74) is 5.35. The van der Waals surface area contributed by atoms with Gasteiger partial charge in [-0.1, -0.05) is 18.2 Å². The van der Waals surface area contributed by atoms with Crippen LogP contribution in [0.2, 0.25) is 0 Å². The van der Waals surface area contributed by atoms with E-state index < -0.39 is 0 Å². The number of fused-ring (bicyclic) bond motifs is 1. The molecule has 27 heavy (non-hydrogen) atoms. The minimum absolute atomic E-state index is 0.548. The first kappa shape index (κ1) is 17.7. The summed E-state index contributed by atoms with van der Waals surface area (Å²) in [6.45, 7) is 9.55. The van der Waals surface area contributed by atoms with Crippen LogP contribution < -0.4 is 10.2 Å². The molecule has 0 saturated carbocycles. The van der Waals surface area contributed by atoms with Crippen LogP contribution in [0.25, 0.3) is 10.9 Å². The van der Waals surface area contributed by atoms with Gasteiger partial charge >= 0.3 is 0 Å². The molecule has 1 fully saturated rings. The molecule has 3 heterocycles. The van der Waals surface area contributed by atoms with Crippen molar-refractivity contribution in [2.75, 3.05) is 36.9 Å². The summed E-state index contributed by atoms with van der Waals surface area (Å²) in [5.74, 6) is 1.05. The number of nitrogens with one attached hydrogen (secondary N) is 1. The van der Waals surface area contributed by atoms with Crippen LogP contribution in [0.3, 0.4) is 0 Å². The molecule has 0 radical (unpaired) electrons. The molecule has 3 aromatic rings. The van der Waals surface area contributed by atoms with Crippen molar-refractivity contribution < 1.29 is 0 Å². The number of aromatic nitrogens is 2. The Morgan fingerprint density at radius 3 is 2.63 bits per heavy atom. The highest BCUT2D eigenvalue weighted by Crippen LogP contribution is 2.30. The molecule has 2 aromatic heterocycles. The highest BCUT2D eigenvalue weighted by molar-refractivity contribution is 5.95. The summed E-state index contributed by atoms with van der Waals surface area (Å²) < 4.78 is 0. The van der Waals surface area contributed by atoms with Gasteiger partial charge in [-0.05, 0) is 51.6 Å². The zero-order valence-corrected chi connectivity index (χ0v) is 16.5. The standard InChI is InChI=1S/C22H27N5/c1-15-14-27(12-11-26(15)4)21-10-9-18(13-23-21)25-22-16(2)17(3)24-20-8-6-5-7-19(20)22/h5-10,13,15H,11-12,14H2,1-4H3,(H,24,25). The zero-order valence-electron chi connectivity index (χ0n) is 16.5. The molecule has 1 atom stereocenters. The third-order valence-electron chi connectivity index (χ3n) is 5.68. The molecule has 5 nitrogen and oxygen atoms in total. The first-order chi connectivity index (χ1) is 13.0. The molecule has 1 unspecified atom stereocenters. The lowest BCUT2D eigenvalue weighted by molar-refractivity contribution is 0.233. The molecule has 1 saturated heterocycles. The van der Waals surface area contributed by atoms with E-state index in [-0.39, 0.29) is 0 Å². The predicted molar refractivity (Wildman–Crippen MR) is 113 cm³/mol. The van der Waals surface area contributed by atoms with Crippen LogP contribution in [0, 0.1) is 13.8 Å². The minimum atomic E-state index is 0.548. The molecule has 0 bridgehead atoms. The third-order valence-corrected chi connectivity index (χ3v) is 5.68. The number of anilines is 3. The number of likely N-dealkylation sites (N-methyl/N-ethyl adjacent to an activating group) is 1. The van der Waals surface area contributed by atoms with Gasteiger partial charge in [0.05, 0.1) is 23.1 Å². The predicted octanol–water partition coefficient (Wildman–Crippen LogP) is 4.13. The van der Waals surface area contributed by atoms with Crippen LogP contribution in [0.4, 0.5) is 17.2 Å². The van der Waals surface area contributed by atoms with Gasteiger partial charge in [0, 0.05) is 36.8 Å². The summed E-state index contributed by atoms with van der Waals surface area (Å²) in [7, 11) is 2.19. The lowest BCUT2D eigenvalue weighted by Crippen LogP contribution is -2.50. The number of pyridine rings is 2. The van der Waals surface area contributed by atoms with E-state index in [1.54, 1.807) is 0 Å². The lowest BCUT2D eigenvalue weighted by atomic mass is 10.1. The normalized spacial score (nSPS) is 18.1. The van der Waals surface area contributed by atoms with Gasteiger partial charge in [0.1, 0.15) is 5.82 Å². The van der Waals surface area contributed by atoms with Crippen molar-refractivity contribution in [3.05, 3.63) is 53.9 Å². The molecule has 0 amide bonds. The molecule has 1 aliphatic rings. The van der Waals surface area contributed by atoms with E-state index in [1.807, 2.05) is 12.3 Å². The Kier molecular flexibility index (Phi) is 4.70. The Labute approximate surface area is 161 Å². The number of hydrogen-bond donors (Lipinski definition) is 1. The number of nitrogens with zero attached hydrogens (tertiary/aromatic N) is 4. The highest BCUT2D eigenvalue weighted by atomic mass is 15.3. The summed E-state index contributed by atoms with van der Waals surface area (Å²) in [6, 6.07) is 13.0. The quantitative estimate of drug-likeness (QED) is 0.760. The smallest absolute Gasteiger partial charge is 0.128 e. The van der Waals surface area contributed by atoms with Crippen molar-refractivity contribution in [3.8, 4) is 0 Å². The van der Waals surface area contributed by atoms with E-state index in [0.29, 0.717) is 6.04 Å². The van der Waals surface area contributed by atoms with Crippen LogP contribution in [0.15, 0.2) is 42.6 Å². The molecular formula is C22H27N5. The number of rotatable bonds is 3. The van der Waals surface area contributed by atoms with Gasteiger partial charge in [-0.15, -0.1) is 0 Å². The second kappa shape index (κ2) is 7.16. The molecular weight excluding hydrogens is 334 g/mol. The monoisotopic (exact) mass is 361 g/mol. The number of hydrogen-bond acceptors (Lipinski definition) is 5. The van der Waals surface area contributed by atoms with E-state index >= 15 is 0 Å². The van der Waals surface area contributed by atoms with Gasteiger partial charge in [0.25, 0.3) is 0 Å². The number of piperazine rings is 1. The highest BCUT2D eigenvalue weighted by Gasteiger charge is 2.21. The van der Waals surface area contributed by atoms with E-state index in [0.717, 1.165) is 53.4 Å².